The van der Waals surface area contributed by atoms with E-state index < -0.39 is 0 Å². The Labute approximate surface area is 93.9 Å². The minimum atomic E-state index is 0.622. The molecule has 1 nitrogen and oxygen atoms in total. The van der Waals surface area contributed by atoms with Gasteiger partial charge >= 0.3 is 0 Å². The van der Waals surface area contributed by atoms with Crippen LogP contribution in [-0.2, 0) is 6.54 Å². The fourth-order valence-electron chi connectivity index (χ4n) is 1.74. The summed E-state index contributed by atoms with van der Waals surface area (Å²) in [7, 11) is 0. The normalized spacial score (nSPS) is 12.8. The van der Waals surface area contributed by atoms with Gasteiger partial charge in [0.2, 0.25) is 0 Å². The minimum absolute atomic E-state index is 0.622. The number of aryl methyl sites for hydroxylation is 2. The Balaban J connectivity index is 2.47. The van der Waals surface area contributed by atoms with Crippen LogP contribution in [0.15, 0.2) is 18.2 Å². The van der Waals surface area contributed by atoms with Crippen molar-refractivity contribution in [3.05, 3.63) is 34.9 Å². The average molecular weight is 205 g/mol. The molecule has 1 unspecified atom stereocenters. The van der Waals surface area contributed by atoms with E-state index >= 15 is 0 Å². The fraction of sp³-hybridized carbons (Fsp3) is 0.571. The molecular formula is C14H23N. The summed E-state index contributed by atoms with van der Waals surface area (Å²) < 4.78 is 0. The zero-order chi connectivity index (χ0) is 11.3. The first kappa shape index (κ1) is 12.3. The lowest BCUT2D eigenvalue weighted by atomic mass is 10.1. The van der Waals surface area contributed by atoms with Crippen molar-refractivity contribution in [2.75, 3.05) is 0 Å². The minimum Gasteiger partial charge on any atom is -0.310 e. The molecule has 0 heterocycles. The summed E-state index contributed by atoms with van der Waals surface area (Å²) in [6, 6.07) is 7.32. The smallest absolute Gasteiger partial charge is 0.0208 e. The van der Waals surface area contributed by atoms with Crippen molar-refractivity contribution in [2.45, 2.75) is 53.1 Å². The van der Waals surface area contributed by atoms with Crippen molar-refractivity contribution in [3.8, 4) is 0 Å². The Hall–Kier alpha value is -0.820. The van der Waals surface area contributed by atoms with E-state index in [1.807, 2.05) is 0 Å². The van der Waals surface area contributed by atoms with E-state index in [9.17, 15) is 0 Å². The van der Waals surface area contributed by atoms with Gasteiger partial charge in [-0.15, -0.1) is 0 Å². The molecule has 0 saturated carbocycles. The number of hydrogen-bond donors (Lipinski definition) is 1. The van der Waals surface area contributed by atoms with Gasteiger partial charge in [-0.1, -0.05) is 31.5 Å². The van der Waals surface area contributed by atoms with Crippen LogP contribution in [0.2, 0.25) is 0 Å². The summed E-state index contributed by atoms with van der Waals surface area (Å²) in [5.74, 6) is 0. The largest absolute Gasteiger partial charge is 0.310 e. The Morgan fingerprint density at radius 2 is 1.93 bits per heavy atom. The van der Waals surface area contributed by atoms with E-state index in [4.69, 9.17) is 0 Å². The van der Waals surface area contributed by atoms with Crippen molar-refractivity contribution in [3.63, 3.8) is 0 Å². The first-order valence-electron chi connectivity index (χ1n) is 5.93. The summed E-state index contributed by atoms with van der Waals surface area (Å²) in [5, 5.41) is 3.55. The number of benzene rings is 1. The molecule has 0 aliphatic rings. The molecule has 0 aliphatic heterocycles. The molecule has 1 N–H and O–H groups in total. The number of nitrogens with one attached hydrogen (secondary N) is 1. The summed E-state index contributed by atoms with van der Waals surface area (Å²) in [6.07, 6.45) is 2.51. The summed E-state index contributed by atoms with van der Waals surface area (Å²) >= 11 is 0. The molecule has 1 rings (SSSR count). The Kier molecular flexibility index (Phi) is 4.83. The van der Waals surface area contributed by atoms with Crippen LogP contribution in [0, 0.1) is 13.8 Å². The highest BCUT2D eigenvalue weighted by molar-refractivity contribution is 5.29. The Bertz CT molecular complexity index is 304. The molecule has 0 spiro atoms. The lowest BCUT2D eigenvalue weighted by molar-refractivity contribution is 0.508. The van der Waals surface area contributed by atoms with Gasteiger partial charge in [0.25, 0.3) is 0 Å². The van der Waals surface area contributed by atoms with Gasteiger partial charge in [-0.25, -0.2) is 0 Å². The van der Waals surface area contributed by atoms with Crippen LogP contribution >= 0.6 is 0 Å². The molecule has 84 valence electrons. The number of hydrogen-bond acceptors (Lipinski definition) is 1. The van der Waals surface area contributed by atoms with Crippen LogP contribution in [0.5, 0.6) is 0 Å². The van der Waals surface area contributed by atoms with Gasteiger partial charge in [-0.3, -0.25) is 0 Å². The molecule has 0 saturated heterocycles. The zero-order valence-corrected chi connectivity index (χ0v) is 10.4. The maximum Gasteiger partial charge on any atom is 0.0208 e. The van der Waals surface area contributed by atoms with Crippen LogP contribution < -0.4 is 5.32 Å². The standard InChI is InChI=1S/C14H23N/c1-5-6-13(4)15-10-14-8-7-11(2)12(3)9-14/h7-9,13,15H,5-6,10H2,1-4H3. The highest BCUT2D eigenvalue weighted by atomic mass is 14.9. The molecule has 1 atom stereocenters. The van der Waals surface area contributed by atoms with E-state index in [1.165, 1.54) is 29.5 Å². The van der Waals surface area contributed by atoms with Gasteiger partial charge in [-0.2, -0.15) is 0 Å². The van der Waals surface area contributed by atoms with Crippen molar-refractivity contribution in [1.82, 2.24) is 5.32 Å². The first-order chi connectivity index (χ1) is 7.13. The first-order valence-corrected chi connectivity index (χ1v) is 5.93. The number of rotatable bonds is 5. The second kappa shape index (κ2) is 5.92. The van der Waals surface area contributed by atoms with Crippen molar-refractivity contribution in [2.24, 2.45) is 0 Å². The third-order valence-electron chi connectivity index (χ3n) is 2.95. The SMILES string of the molecule is CCCC(C)NCc1ccc(C)c(C)c1. The monoisotopic (exact) mass is 205 g/mol. The second-order valence-electron chi connectivity index (χ2n) is 4.49. The van der Waals surface area contributed by atoms with Crippen LogP contribution in [0.25, 0.3) is 0 Å². The average Bonchev–Trinajstić information content (AvgIpc) is 2.20. The lowest BCUT2D eigenvalue weighted by Crippen LogP contribution is -2.25. The second-order valence-corrected chi connectivity index (χ2v) is 4.49. The molecule has 1 heteroatoms. The predicted molar refractivity (Wildman–Crippen MR) is 67.1 cm³/mol. The zero-order valence-electron chi connectivity index (χ0n) is 10.4. The van der Waals surface area contributed by atoms with Gasteiger partial charge in [0.1, 0.15) is 0 Å². The molecule has 0 amide bonds. The van der Waals surface area contributed by atoms with Gasteiger partial charge in [0.15, 0.2) is 0 Å². The summed E-state index contributed by atoms with van der Waals surface area (Å²) in [6.45, 7) is 9.81. The van der Waals surface area contributed by atoms with E-state index in [0.29, 0.717) is 6.04 Å². The van der Waals surface area contributed by atoms with Gasteiger partial charge < -0.3 is 5.32 Å². The van der Waals surface area contributed by atoms with Gasteiger partial charge in [0.05, 0.1) is 0 Å². The summed E-state index contributed by atoms with van der Waals surface area (Å²) in [5.41, 5.74) is 4.15. The molecule has 0 aromatic heterocycles. The Morgan fingerprint density at radius 3 is 2.53 bits per heavy atom. The van der Waals surface area contributed by atoms with Crippen LogP contribution in [-0.4, -0.2) is 6.04 Å². The molecule has 15 heavy (non-hydrogen) atoms. The highest BCUT2D eigenvalue weighted by Gasteiger charge is 2.00. The molecule has 0 radical (unpaired) electrons. The van der Waals surface area contributed by atoms with Crippen molar-refractivity contribution >= 4 is 0 Å². The predicted octanol–water partition coefficient (Wildman–Crippen LogP) is 3.58. The third kappa shape index (κ3) is 4.05. The lowest BCUT2D eigenvalue weighted by Gasteiger charge is -2.13. The Morgan fingerprint density at radius 1 is 1.20 bits per heavy atom. The topological polar surface area (TPSA) is 12.0 Å². The molecular weight excluding hydrogens is 182 g/mol. The molecule has 0 fully saturated rings. The van der Waals surface area contributed by atoms with Crippen LogP contribution in [0.3, 0.4) is 0 Å². The fourth-order valence-corrected chi connectivity index (χ4v) is 1.74. The van der Waals surface area contributed by atoms with E-state index in [0.717, 1.165) is 6.54 Å². The molecule has 1 aromatic rings. The molecule has 0 bridgehead atoms. The molecule has 1 aromatic carbocycles. The van der Waals surface area contributed by atoms with Gasteiger partial charge in [0, 0.05) is 12.6 Å². The van der Waals surface area contributed by atoms with Gasteiger partial charge in [-0.05, 0) is 43.9 Å². The quantitative estimate of drug-likeness (QED) is 0.774. The van der Waals surface area contributed by atoms with E-state index in [2.05, 4.69) is 51.2 Å². The maximum absolute atomic E-state index is 3.55. The third-order valence-corrected chi connectivity index (χ3v) is 2.95. The summed E-state index contributed by atoms with van der Waals surface area (Å²) in [4.78, 5) is 0. The van der Waals surface area contributed by atoms with E-state index in [-0.39, 0.29) is 0 Å². The van der Waals surface area contributed by atoms with Crippen LogP contribution in [0.1, 0.15) is 43.4 Å². The highest BCUT2D eigenvalue weighted by Crippen LogP contribution is 2.10. The van der Waals surface area contributed by atoms with Crippen LogP contribution in [0.4, 0.5) is 0 Å². The maximum atomic E-state index is 3.55. The van der Waals surface area contributed by atoms with Crippen molar-refractivity contribution < 1.29 is 0 Å². The van der Waals surface area contributed by atoms with Crippen molar-refractivity contribution in [1.29, 1.82) is 0 Å². The molecule has 0 aliphatic carbocycles. The van der Waals surface area contributed by atoms with E-state index in [1.54, 1.807) is 0 Å².